The number of hydrogen-bond donors (Lipinski definition) is 1. The number of hydrogen-bond acceptors (Lipinski definition) is 2. The molecule has 0 saturated carbocycles. The summed E-state index contributed by atoms with van der Waals surface area (Å²) in [6.07, 6.45) is 2.64. The molecule has 12 heavy (non-hydrogen) atoms. The molecule has 1 aromatic rings. The molecule has 0 bridgehead atoms. The van der Waals surface area contributed by atoms with Crippen LogP contribution in [-0.2, 0) is 0 Å². The summed E-state index contributed by atoms with van der Waals surface area (Å²) < 4.78 is 5.17. The number of rotatable bonds is 3. The van der Waals surface area contributed by atoms with Crippen LogP contribution in [0.3, 0.4) is 0 Å². The van der Waals surface area contributed by atoms with Crippen LogP contribution in [0.1, 0.15) is 32.1 Å². The molecule has 2 nitrogen and oxygen atoms in total. The summed E-state index contributed by atoms with van der Waals surface area (Å²) in [6.45, 7) is 4.31. The van der Waals surface area contributed by atoms with Crippen LogP contribution >= 0.6 is 12.4 Å². The summed E-state index contributed by atoms with van der Waals surface area (Å²) in [4.78, 5) is 0. The Morgan fingerprint density at radius 2 is 2.17 bits per heavy atom. The molecule has 0 aromatic carbocycles. The SMILES string of the molecule is CC(C)C[C@H](N)c1ccco1.Cl. The highest BCUT2D eigenvalue weighted by molar-refractivity contribution is 5.85. The third-order valence-corrected chi connectivity index (χ3v) is 1.63. The first-order chi connectivity index (χ1) is 5.20. The zero-order valence-electron chi connectivity index (χ0n) is 7.49. The van der Waals surface area contributed by atoms with Gasteiger partial charge in [-0.1, -0.05) is 13.8 Å². The second-order valence-electron chi connectivity index (χ2n) is 3.25. The molecule has 1 rings (SSSR count). The van der Waals surface area contributed by atoms with Crippen molar-refractivity contribution < 1.29 is 4.42 Å². The quantitative estimate of drug-likeness (QED) is 0.794. The molecule has 70 valence electrons. The van der Waals surface area contributed by atoms with Gasteiger partial charge in [-0.25, -0.2) is 0 Å². The Bertz CT molecular complexity index is 196. The highest BCUT2D eigenvalue weighted by Crippen LogP contribution is 2.18. The molecule has 1 heterocycles. The average Bonchev–Trinajstić information content (AvgIpc) is 2.35. The second-order valence-corrected chi connectivity index (χ2v) is 3.25. The minimum atomic E-state index is 0. The van der Waals surface area contributed by atoms with Gasteiger partial charge in [0.25, 0.3) is 0 Å². The second kappa shape index (κ2) is 5.22. The van der Waals surface area contributed by atoms with Crippen molar-refractivity contribution >= 4 is 12.4 Å². The number of nitrogens with two attached hydrogens (primary N) is 1. The van der Waals surface area contributed by atoms with E-state index in [0.29, 0.717) is 5.92 Å². The Kier molecular flexibility index (Phi) is 5.02. The van der Waals surface area contributed by atoms with Crippen molar-refractivity contribution in [2.75, 3.05) is 0 Å². The first kappa shape index (κ1) is 11.5. The summed E-state index contributed by atoms with van der Waals surface area (Å²) in [5, 5.41) is 0. The third kappa shape index (κ3) is 3.28. The molecular formula is C9H16ClNO. The molecule has 0 saturated heterocycles. The van der Waals surface area contributed by atoms with Gasteiger partial charge in [-0.3, -0.25) is 0 Å². The Morgan fingerprint density at radius 3 is 2.58 bits per heavy atom. The molecule has 0 aliphatic heterocycles. The van der Waals surface area contributed by atoms with Gasteiger partial charge in [0.1, 0.15) is 5.76 Å². The molecule has 2 N–H and O–H groups in total. The van der Waals surface area contributed by atoms with Crippen LogP contribution in [0.4, 0.5) is 0 Å². The van der Waals surface area contributed by atoms with Gasteiger partial charge in [-0.2, -0.15) is 0 Å². The van der Waals surface area contributed by atoms with E-state index in [1.165, 1.54) is 0 Å². The fourth-order valence-electron chi connectivity index (χ4n) is 1.13. The molecule has 0 aliphatic carbocycles. The van der Waals surface area contributed by atoms with Crippen LogP contribution in [0, 0.1) is 5.92 Å². The number of halogens is 1. The average molecular weight is 190 g/mol. The maximum absolute atomic E-state index is 5.85. The van der Waals surface area contributed by atoms with Gasteiger partial charge in [0, 0.05) is 0 Å². The standard InChI is InChI=1S/C9H15NO.ClH/c1-7(2)6-8(10)9-4-3-5-11-9;/h3-5,7-8H,6,10H2,1-2H3;1H/t8-;/m0./s1. The van der Waals surface area contributed by atoms with E-state index in [9.17, 15) is 0 Å². The molecule has 0 fully saturated rings. The van der Waals surface area contributed by atoms with E-state index in [-0.39, 0.29) is 18.4 Å². The van der Waals surface area contributed by atoms with Crippen LogP contribution in [0.25, 0.3) is 0 Å². The lowest BCUT2D eigenvalue weighted by atomic mass is 10.0. The van der Waals surface area contributed by atoms with Crippen LogP contribution in [0.15, 0.2) is 22.8 Å². The van der Waals surface area contributed by atoms with E-state index in [4.69, 9.17) is 10.2 Å². The summed E-state index contributed by atoms with van der Waals surface area (Å²) in [5.41, 5.74) is 5.85. The van der Waals surface area contributed by atoms with E-state index < -0.39 is 0 Å². The van der Waals surface area contributed by atoms with Gasteiger partial charge in [-0.15, -0.1) is 12.4 Å². The first-order valence-corrected chi connectivity index (χ1v) is 3.99. The number of furan rings is 1. The van der Waals surface area contributed by atoms with E-state index in [0.717, 1.165) is 12.2 Å². The van der Waals surface area contributed by atoms with Gasteiger partial charge in [0.05, 0.1) is 12.3 Å². The van der Waals surface area contributed by atoms with Crippen LogP contribution in [0.2, 0.25) is 0 Å². The summed E-state index contributed by atoms with van der Waals surface area (Å²) in [5.74, 6) is 1.51. The monoisotopic (exact) mass is 189 g/mol. The maximum atomic E-state index is 5.85. The minimum absolute atomic E-state index is 0. The molecular weight excluding hydrogens is 174 g/mol. The van der Waals surface area contributed by atoms with Crippen molar-refractivity contribution in [3.05, 3.63) is 24.2 Å². The molecule has 1 atom stereocenters. The molecule has 0 radical (unpaired) electrons. The van der Waals surface area contributed by atoms with E-state index in [1.807, 2.05) is 12.1 Å². The Morgan fingerprint density at radius 1 is 1.50 bits per heavy atom. The summed E-state index contributed by atoms with van der Waals surface area (Å²) >= 11 is 0. The maximum Gasteiger partial charge on any atom is 0.120 e. The highest BCUT2D eigenvalue weighted by atomic mass is 35.5. The minimum Gasteiger partial charge on any atom is -0.468 e. The largest absolute Gasteiger partial charge is 0.468 e. The van der Waals surface area contributed by atoms with Crippen molar-refractivity contribution in [1.82, 2.24) is 0 Å². The molecule has 1 aromatic heterocycles. The fraction of sp³-hybridized carbons (Fsp3) is 0.556. The van der Waals surface area contributed by atoms with Crippen molar-refractivity contribution in [2.45, 2.75) is 26.3 Å². The lowest BCUT2D eigenvalue weighted by Gasteiger charge is -2.10. The zero-order valence-corrected chi connectivity index (χ0v) is 8.30. The lowest BCUT2D eigenvalue weighted by molar-refractivity contribution is 0.416. The van der Waals surface area contributed by atoms with E-state index in [2.05, 4.69) is 13.8 Å². The van der Waals surface area contributed by atoms with Gasteiger partial charge in [0.2, 0.25) is 0 Å². The predicted octanol–water partition coefficient (Wildman–Crippen LogP) is 2.75. The van der Waals surface area contributed by atoms with Crippen LogP contribution in [0.5, 0.6) is 0 Å². The molecule has 3 heteroatoms. The highest BCUT2D eigenvalue weighted by Gasteiger charge is 2.09. The van der Waals surface area contributed by atoms with Crippen molar-refractivity contribution in [2.24, 2.45) is 11.7 Å². The topological polar surface area (TPSA) is 39.2 Å². The molecule has 0 unspecified atom stereocenters. The summed E-state index contributed by atoms with van der Waals surface area (Å²) in [7, 11) is 0. The predicted molar refractivity (Wildman–Crippen MR) is 52.3 cm³/mol. The van der Waals surface area contributed by atoms with Gasteiger partial charge in [0.15, 0.2) is 0 Å². The first-order valence-electron chi connectivity index (χ1n) is 3.99. The smallest absolute Gasteiger partial charge is 0.120 e. The van der Waals surface area contributed by atoms with Crippen molar-refractivity contribution in [1.29, 1.82) is 0 Å². The molecule has 0 amide bonds. The van der Waals surface area contributed by atoms with Gasteiger partial charge >= 0.3 is 0 Å². The van der Waals surface area contributed by atoms with E-state index in [1.54, 1.807) is 6.26 Å². The Hall–Kier alpha value is -0.470. The Labute approximate surface area is 79.5 Å². The fourth-order valence-corrected chi connectivity index (χ4v) is 1.13. The third-order valence-electron chi connectivity index (χ3n) is 1.63. The normalized spacial score (nSPS) is 12.7. The van der Waals surface area contributed by atoms with Crippen molar-refractivity contribution in [3.8, 4) is 0 Å². The Balaban J connectivity index is 0.00000121. The lowest BCUT2D eigenvalue weighted by Crippen LogP contribution is -2.11. The zero-order chi connectivity index (χ0) is 8.27. The van der Waals surface area contributed by atoms with Crippen molar-refractivity contribution in [3.63, 3.8) is 0 Å². The summed E-state index contributed by atoms with van der Waals surface area (Å²) in [6, 6.07) is 3.85. The van der Waals surface area contributed by atoms with Crippen LogP contribution in [-0.4, -0.2) is 0 Å². The van der Waals surface area contributed by atoms with E-state index >= 15 is 0 Å². The van der Waals surface area contributed by atoms with Crippen LogP contribution < -0.4 is 5.73 Å². The molecule has 0 spiro atoms. The molecule has 0 aliphatic rings. The van der Waals surface area contributed by atoms with Gasteiger partial charge in [-0.05, 0) is 24.5 Å². The van der Waals surface area contributed by atoms with Gasteiger partial charge < -0.3 is 10.2 Å².